The molecule has 0 saturated heterocycles. The molecule has 0 unspecified atom stereocenters. The van der Waals surface area contributed by atoms with Gasteiger partial charge in [-0.25, -0.2) is 4.39 Å². The standard InChI is InChI=1S/C25H30FN7O2/c1-3-4-5-6-11-35-18-9-10-20(21(26)12-18)25(2)13-19(16-14-27-33(15-16)17-7-8-17)22(24(34)28-25)23-29-31-32-30-23/h9-10,12,14-15,17H,3-8,11,13H2,1-2H3,(H,28,34)(H,29,30,31,32)/t25-/m0/s1. The van der Waals surface area contributed by atoms with Crippen LogP contribution in [0.25, 0.3) is 11.1 Å². The van der Waals surface area contributed by atoms with Crippen molar-refractivity contribution in [1.82, 2.24) is 35.7 Å². The number of rotatable bonds is 10. The van der Waals surface area contributed by atoms with Gasteiger partial charge in [-0.1, -0.05) is 32.3 Å². The third-order valence-electron chi connectivity index (χ3n) is 6.69. The van der Waals surface area contributed by atoms with E-state index in [2.05, 4.69) is 38.0 Å². The average Bonchev–Trinajstić information content (AvgIpc) is 3.32. The molecule has 3 aromatic rings. The minimum atomic E-state index is -0.981. The number of halogens is 1. The van der Waals surface area contributed by atoms with Gasteiger partial charge >= 0.3 is 0 Å². The van der Waals surface area contributed by atoms with Gasteiger partial charge in [0.2, 0.25) is 5.82 Å². The van der Waals surface area contributed by atoms with E-state index >= 15 is 4.39 Å². The zero-order valence-electron chi connectivity index (χ0n) is 20.1. The van der Waals surface area contributed by atoms with E-state index < -0.39 is 11.4 Å². The number of hydrogen-bond acceptors (Lipinski definition) is 6. The van der Waals surface area contributed by atoms with Crippen LogP contribution in [0.1, 0.15) is 81.8 Å². The first-order chi connectivity index (χ1) is 17.0. The molecular weight excluding hydrogens is 449 g/mol. The van der Waals surface area contributed by atoms with Crippen molar-refractivity contribution < 1.29 is 13.9 Å². The summed E-state index contributed by atoms with van der Waals surface area (Å²) in [4.78, 5) is 13.4. The molecule has 1 aromatic carbocycles. The number of carbonyl (C=O) groups is 1. The van der Waals surface area contributed by atoms with Crippen LogP contribution in [0, 0.1) is 5.82 Å². The Balaban J connectivity index is 1.44. The van der Waals surface area contributed by atoms with E-state index in [1.807, 2.05) is 17.8 Å². The monoisotopic (exact) mass is 479 g/mol. The largest absolute Gasteiger partial charge is 0.493 e. The lowest BCUT2D eigenvalue weighted by atomic mass is 9.78. The van der Waals surface area contributed by atoms with Gasteiger partial charge in [0.25, 0.3) is 5.91 Å². The zero-order chi connectivity index (χ0) is 24.4. The van der Waals surface area contributed by atoms with Crippen molar-refractivity contribution in [2.45, 2.75) is 70.4 Å². The van der Waals surface area contributed by atoms with E-state index in [0.29, 0.717) is 41.5 Å². The Morgan fingerprint density at radius 2 is 2.11 bits per heavy atom. The second kappa shape index (κ2) is 9.59. The summed E-state index contributed by atoms with van der Waals surface area (Å²) in [6, 6.07) is 5.25. The molecule has 2 aliphatic rings. The maximum absolute atomic E-state index is 15.4. The number of nitrogens with one attached hydrogen (secondary N) is 2. The molecule has 1 amide bonds. The van der Waals surface area contributed by atoms with E-state index in [9.17, 15) is 4.79 Å². The number of tetrazole rings is 1. The number of unbranched alkanes of at least 4 members (excludes halogenated alkanes) is 3. The number of hydrogen-bond donors (Lipinski definition) is 2. The van der Waals surface area contributed by atoms with E-state index in [-0.39, 0.29) is 11.7 Å². The Kier molecular flexibility index (Phi) is 6.36. The van der Waals surface area contributed by atoms with Crippen LogP contribution in [0.2, 0.25) is 0 Å². The number of aromatic nitrogens is 6. The van der Waals surface area contributed by atoms with Gasteiger partial charge in [-0.3, -0.25) is 9.48 Å². The first kappa shape index (κ1) is 23.2. The van der Waals surface area contributed by atoms with Crippen LogP contribution >= 0.6 is 0 Å². The SMILES string of the molecule is CCCCCCOc1ccc([C@]2(C)CC(c3cnn(C4CC4)c3)=C(c3nn[nH]n3)C(=O)N2)c(F)c1. The molecule has 9 nitrogen and oxygen atoms in total. The molecule has 0 radical (unpaired) electrons. The van der Waals surface area contributed by atoms with Crippen molar-refractivity contribution in [2.75, 3.05) is 6.61 Å². The maximum Gasteiger partial charge on any atom is 0.256 e. The fourth-order valence-corrected chi connectivity index (χ4v) is 4.63. The lowest BCUT2D eigenvalue weighted by Gasteiger charge is -2.37. The van der Waals surface area contributed by atoms with Gasteiger partial charge in [-0.05, 0) is 43.0 Å². The Morgan fingerprint density at radius 1 is 1.26 bits per heavy atom. The fourth-order valence-electron chi connectivity index (χ4n) is 4.63. The molecule has 10 heteroatoms. The second-order valence-electron chi connectivity index (χ2n) is 9.54. The van der Waals surface area contributed by atoms with E-state index in [1.165, 1.54) is 6.07 Å². The average molecular weight is 480 g/mol. The number of amides is 1. The molecule has 1 aliphatic heterocycles. The summed E-state index contributed by atoms with van der Waals surface area (Å²) in [7, 11) is 0. The van der Waals surface area contributed by atoms with Crippen LogP contribution < -0.4 is 10.1 Å². The second-order valence-corrected chi connectivity index (χ2v) is 9.54. The van der Waals surface area contributed by atoms with Gasteiger partial charge in [0.1, 0.15) is 11.6 Å². The summed E-state index contributed by atoms with van der Waals surface area (Å²) in [5.74, 6) is -0.117. The molecule has 1 fully saturated rings. The Labute approximate surface area is 203 Å². The third-order valence-corrected chi connectivity index (χ3v) is 6.69. The minimum absolute atomic E-state index is 0.200. The summed E-state index contributed by atoms with van der Waals surface area (Å²) < 4.78 is 23.0. The summed E-state index contributed by atoms with van der Waals surface area (Å²) >= 11 is 0. The van der Waals surface area contributed by atoms with E-state index in [4.69, 9.17) is 4.74 Å². The highest BCUT2D eigenvalue weighted by atomic mass is 19.1. The molecule has 1 atom stereocenters. The van der Waals surface area contributed by atoms with Crippen LogP contribution in [0.15, 0.2) is 30.6 Å². The molecule has 5 rings (SSSR count). The molecule has 1 aliphatic carbocycles. The van der Waals surface area contributed by atoms with Gasteiger partial charge < -0.3 is 10.1 Å². The molecule has 35 heavy (non-hydrogen) atoms. The summed E-state index contributed by atoms with van der Waals surface area (Å²) in [6.45, 7) is 4.54. The van der Waals surface area contributed by atoms with Gasteiger partial charge in [-0.2, -0.15) is 10.3 Å². The molecule has 1 saturated carbocycles. The molecule has 2 aromatic heterocycles. The molecule has 3 heterocycles. The zero-order valence-corrected chi connectivity index (χ0v) is 20.1. The molecular formula is C25H30FN7O2. The van der Waals surface area contributed by atoms with Crippen LogP contribution in [-0.4, -0.2) is 42.9 Å². The van der Waals surface area contributed by atoms with Crippen molar-refractivity contribution in [3.05, 3.63) is 53.4 Å². The quantitative estimate of drug-likeness (QED) is 0.422. The number of carbonyl (C=O) groups excluding carboxylic acids is 1. The fraction of sp³-hybridized carbons (Fsp3) is 0.480. The predicted molar refractivity (Wildman–Crippen MR) is 128 cm³/mol. The third kappa shape index (κ3) is 4.82. The Bertz CT molecular complexity index is 1230. The maximum atomic E-state index is 15.4. The molecule has 2 N–H and O–H groups in total. The van der Waals surface area contributed by atoms with Crippen LogP contribution in [0.3, 0.4) is 0 Å². The van der Waals surface area contributed by atoms with Gasteiger partial charge in [-0.15, -0.1) is 10.2 Å². The lowest BCUT2D eigenvalue weighted by Crippen LogP contribution is -2.48. The smallest absolute Gasteiger partial charge is 0.256 e. The number of nitrogens with zero attached hydrogens (tertiary/aromatic N) is 5. The summed E-state index contributed by atoms with van der Waals surface area (Å²) in [5.41, 5.74) is 1.23. The Hall–Kier alpha value is -3.56. The molecule has 0 bridgehead atoms. The first-order valence-corrected chi connectivity index (χ1v) is 12.3. The van der Waals surface area contributed by atoms with Gasteiger partial charge in [0.05, 0.1) is 30.0 Å². The van der Waals surface area contributed by atoms with Crippen molar-refractivity contribution in [2.24, 2.45) is 0 Å². The molecule has 184 valence electrons. The number of ether oxygens (including phenoxy) is 1. The van der Waals surface area contributed by atoms with Crippen molar-refractivity contribution >= 4 is 17.1 Å². The number of H-pyrrole nitrogens is 1. The summed E-state index contributed by atoms with van der Waals surface area (Å²) in [6.07, 6.45) is 10.6. The van der Waals surface area contributed by atoms with Crippen molar-refractivity contribution in [3.8, 4) is 5.75 Å². The van der Waals surface area contributed by atoms with Crippen LogP contribution in [-0.2, 0) is 10.3 Å². The van der Waals surface area contributed by atoms with Gasteiger partial charge in [0.15, 0.2) is 0 Å². The minimum Gasteiger partial charge on any atom is -0.493 e. The highest BCUT2D eigenvalue weighted by molar-refractivity contribution is 6.27. The summed E-state index contributed by atoms with van der Waals surface area (Å²) in [5, 5.41) is 21.6. The predicted octanol–water partition coefficient (Wildman–Crippen LogP) is 4.18. The highest BCUT2D eigenvalue weighted by Gasteiger charge is 2.41. The van der Waals surface area contributed by atoms with E-state index in [1.54, 1.807) is 18.3 Å². The highest BCUT2D eigenvalue weighted by Crippen LogP contribution is 2.43. The topological polar surface area (TPSA) is 111 Å². The number of benzene rings is 1. The van der Waals surface area contributed by atoms with Gasteiger partial charge in [0, 0.05) is 29.8 Å². The lowest BCUT2D eigenvalue weighted by molar-refractivity contribution is -0.117. The van der Waals surface area contributed by atoms with Crippen molar-refractivity contribution in [3.63, 3.8) is 0 Å². The van der Waals surface area contributed by atoms with E-state index in [0.717, 1.165) is 44.1 Å². The van der Waals surface area contributed by atoms with Crippen LogP contribution in [0.4, 0.5) is 4.39 Å². The van der Waals surface area contributed by atoms with Crippen molar-refractivity contribution in [1.29, 1.82) is 0 Å². The number of aromatic amines is 1. The Morgan fingerprint density at radius 3 is 2.83 bits per heavy atom. The van der Waals surface area contributed by atoms with Crippen LogP contribution in [0.5, 0.6) is 5.75 Å². The molecule has 0 spiro atoms. The normalized spacial score (nSPS) is 20.3. The first-order valence-electron chi connectivity index (χ1n) is 12.3.